The number of rotatable bonds is 6. The van der Waals surface area contributed by atoms with Crippen molar-refractivity contribution in [2.75, 3.05) is 30.3 Å². The number of aromatic nitrogens is 2. The van der Waals surface area contributed by atoms with E-state index in [1.807, 2.05) is 0 Å². The van der Waals surface area contributed by atoms with Crippen LogP contribution >= 0.6 is 0 Å². The molecule has 1 saturated carbocycles. The van der Waals surface area contributed by atoms with Gasteiger partial charge in [0.05, 0.1) is 6.10 Å². The molecule has 3 rings (SSSR count). The SMILES string of the molecule is CCNc1nc(C2CC2)nc(NCC2CCOC2C)c1C. The first kappa shape index (κ1) is 14.6. The predicted molar refractivity (Wildman–Crippen MR) is 84.9 cm³/mol. The van der Waals surface area contributed by atoms with E-state index in [1.54, 1.807) is 0 Å². The Morgan fingerprint density at radius 1 is 1.14 bits per heavy atom. The molecule has 0 bridgehead atoms. The molecule has 116 valence electrons. The molecule has 0 radical (unpaired) electrons. The number of nitrogens with zero attached hydrogens (tertiary/aromatic N) is 2. The van der Waals surface area contributed by atoms with Gasteiger partial charge in [-0.1, -0.05) is 0 Å². The van der Waals surface area contributed by atoms with E-state index >= 15 is 0 Å². The summed E-state index contributed by atoms with van der Waals surface area (Å²) in [6.07, 6.45) is 3.92. The Morgan fingerprint density at radius 2 is 1.86 bits per heavy atom. The van der Waals surface area contributed by atoms with E-state index in [9.17, 15) is 0 Å². The lowest BCUT2D eigenvalue weighted by atomic mass is 10.0. The van der Waals surface area contributed by atoms with Crippen LogP contribution in [-0.2, 0) is 4.74 Å². The first-order chi connectivity index (χ1) is 10.2. The molecule has 2 heterocycles. The van der Waals surface area contributed by atoms with Crippen molar-refractivity contribution in [1.82, 2.24) is 9.97 Å². The Labute approximate surface area is 126 Å². The largest absolute Gasteiger partial charge is 0.378 e. The summed E-state index contributed by atoms with van der Waals surface area (Å²) < 4.78 is 5.63. The molecule has 0 spiro atoms. The molecule has 0 aromatic carbocycles. The number of hydrogen-bond donors (Lipinski definition) is 2. The maximum Gasteiger partial charge on any atom is 0.136 e. The molecule has 21 heavy (non-hydrogen) atoms. The fraction of sp³-hybridized carbons (Fsp3) is 0.750. The number of anilines is 2. The zero-order chi connectivity index (χ0) is 14.8. The van der Waals surface area contributed by atoms with Crippen LogP contribution in [0, 0.1) is 12.8 Å². The summed E-state index contributed by atoms with van der Waals surface area (Å²) >= 11 is 0. The summed E-state index contributed by atoms with van der Waals surface area (Å²) in [5, 5.41) is 6.90. The molecule has 0 amide bonds. The van der Waals surface area contributed by atoms with E-state index in [2.05, 4.69) is 31.4 Å². The van der Waals surface area contributed by atoms with Crippen LogP contribution in [0.4, 0.5) is 11.6 Å². The molecule has 1 aliphatic heterocycles. The van der Waals surface area contributed by atoms with Gasteiger partial charge in [0.1, 0.15) is 17.5 Å². The van der Waals surface area contributed by atoms with Crippen LogP contribution in [0.3, 0.4) is 0 Å². The predicted octanol–water partition coefficient (Wildman–Crippen LogP) is 2.93. The second kappa shape index (κ2) is 6.18. The molecule has 5 heteroatoms. The molecular formula is C16H26N4O. The minimum absolute atomic E-state index is 0.343. The smallest absolute Gasteiger partial charge is 0.136 e. The van der Waals surface area contributed by atoms with E-state index in [-0.39, 0.29) is 0 Å². The van der Waals surface area contributed by atoms with Gasteiger partial charge < -0.3 is 15.4 Å². The second-order valence-electron chi connectivity index (χ2n) is 6.21. The van der Waals surface area contributed by atoms with Crippen LogP contribution < -0.4 is 10.6 Å². The molecular weight excluding hydrogens is 264 g/mol. The van der Waals surface area contributed by atoms with Crippen molar-refractivity contribution in [2.24, 2.45) is 5.92 Å². The van der Waals surface area contributed by atoms with E-state index in [4.69, 9.17) is 14.7 Å². The van der Waals surface area contributed by atoms with Crippen molar-refractivity contribution in [3.05, 3.63) is 11.4 Å². The molecule has 2 aliphatic rings. The normalized spacial score (nSPS) is 25.1. The van der Waals surface area contributed by atoms with Gasteiger partial charge in [-0.15, -0.1) is 0 Å². The van der Waals surface area contributed by atoms with Gasteiger partial charge in [0.2, 0.25) is 0 Å². The Morgan fingerprint density at radius 3 is 2.43 bits per heavy atom. The Balaban J connectivity index is 1.75. The lowest BCUT2D eigenvalue weighted by Gasteiger charge is -2.18. The van der Waals surface area contributed by atoms with Crippen LogP contribution in [0.15, 0.2) is 0 Å². The van der Waals surface area contributed by atoms with Crippen LogP contribution in [0.25, 0.3) is 0 Å². The molecule has 1 aromatic rings. The zero-order valence-corrected chi connectivity index (χ0v) is 13.3. The number of ether oxygens (including phenoxy) is 1. The Bertz CT molecular complexity index is 501. The highest BCUT2D eigenvalue weighted by molar-refractivity contribution is 5.57. The summed E-state index contributed by atoms with van der Waals surface area (Å²) in [6.45, 7) is 9.04. The van der Waals surface area contributed by atoms with Crippen LogP contribution in [0.5, 0.6) is 0 Å². The molecule has 2 atom stereocenters. The lowest BCUT2D eigenvalue weighted by Crippen LogP contribution is -2.22. The summed E-state index contributed by atoms with van der Waals surface area (Å²) in [7, 11) is 0. The Hall–Kier alpha value is -1.36. The summed E-state index contributed by atoms with van der Waals surface area (Å²) in [5.41, 5.74) is 1.12. The van der Waals surface area contributed by atoms with Crippen molar-refractivity contribution < 1.29 is 4.74 Å². The highest BCUT2D eigenvalue weighted by Crippen LogP contribution is 2.39. The van der Waals surface area contributed by atoms with Crippen molar-refractivity contribution >= 4 is 11.6 Å². The zero-order valence-electron chi connectivity index (χ0n) is 13.3. The quantitative estimate of drug-likeness (QED) is 0.843. The minimum Gasteiger partial charge on any atom is -0.378 e. The third-order valence-corrected chi connectivity index (χ3v) is 4.51. The topological polar surface area (TPSA) is 59.1 Å². The van der Waals surface area contributed by atoms with Gasteiger partial charge in [0.25, 0.3) is 0 Å². The van der Waals surface area contributed by atoms with Gasteiger partial charge >= 0.3 is 0 Å². The van der Waals surface area contributed by atoms with E-state index in [0.717, 1.165) is 49.1 Å². The monoisotopic (exact) mass is 290 g/mol. The van der Waals surface area contributed by atoms with Gasteiger partial charge in [-0.05, 0) is 40.0 Å². The average molecular weight is 290 g/mol. The minimum atomic E-state index is 0.343. The summed E-state index contributed by atoms with van der Waals surface area (Å²) in [5.74, 6) is 4.10. The summed E-state index contributed by atoms with van der Waals surface area (Å²) in [6, 6.07) is 0. The first-order valence-corrected chi connectivity index (χ1v) is 8.17. The highest BCUT2D eigenvalue weighted by Gasteiger charge is 2.29. The van der Waals surface area contributed by atoms with E-state index < -0.39 is 0 Å². The van der Waals surface area contributed by atoms with E-state index in [1.165, 1.54) is 12.8 Å². The van der Waals surface area contributed by atoms with Gasteiger partial charge in [-0.3, -0.25) is 0 Å². The third-order valence-electron chi connectivity index (χ3n) is 4.51. The number of hydrogen-bond acceptors (Lipinski definition) is 5. The molecule has 5 nitrogen and oxygen atoms in total. The first-order valence-electron chi connectivity index (χ1n) is 8.17. The summed E-state index contributed by atoms with van der Waals surface area (Å²) in [4.78, 5) is 9.45. The molecule has 2 unspecified atom stereocenters. The number of nitrogens with one attached hydrogen (secondary N) is 2. The van der Waals surface area contributed by atoms with Gasteiger partial charge in [-0.2, -0.15) is 0 Å². The van der Waals surface area contributed by atoms with Crippen molar-refractivity contribution in [1.29, 1.82) is 0 Å². The fourth-order valence-corrected chi connectivity index (χ4v) is 2.84. The van der Waals surface area contributed by atoms with E-state index in [0.29, 0.717) is 17.9 Å². The standard InChI is InChI=1S/C16H26N4O/c1-4-17-14-10(2)15(20-16(19-14)12-5-6-12)18-9-13-7-8-21-11(13)3/h11-13H,4-9H2,1-3H3,(H2,17,18,19,20). The fourth-order valence-electron chi connectivity index (χ4n) is 2.84. The molecule has 1 aromatic heterocycles. The van der Waals surface area contributed by atoms with Crippen LogP contribution in [0.1, 0.15) is 50.4 Å². The van der Waals surface area contributed by atoms with Gasteiger partial charge in [0.15, 0.2) is 0 Å². The molecule has 1 saturated heterocycles. The van der Waals surface area contributed by atoms with Crippen LogP contribution in [-0.4, -0.2) is 35.8 Å². The molecule has 2 N–H and O–H groups in total. The van der Waals surface area contributed by atoms with Crippen molar-refractivity contribution in [2.45, 2.75) is 52.1 Å². The highest BCUT2D eigenvalue weighted by atomic mass is 16.5. The lowest BCUT2D eigenvalue weighted by molar-refractivity contribution is 0.108. The average Bonchev–Trinajstić information content (AvgIpc) is 3.24. The third kappa shape index (κ3) is 3.28. The molecule has 1 aliphatic carbocycles. The van der Waals surface area contributed by atoms with Gasteiger partial charge in [0, 0.05) is 37.1 Å². The maximum absolute atomic E-state index is 5.63. The maximum atomic E-state index is 5.63. The molecule has 2 fully saturated rings. The van der Waals surface area contributed by atoms with Crippen molar-refractivity contribution in [3.8, 4) is 0 Å². The second-order valence-corrected chi connectivity index (χ2v) is 6.21. The van der Waals surface area contributed by atoms with Crippen LogP contribution in [0.2, 0.25) is 0 Å². The van der Waals surface area contributed by atoms with Crippen molar-refractivity contribution in [3.63, 3.8) is 0 Å². The Kier molecular flexibility index (Phi) is 4.29. The van der Waals surface area contributed by atoms with Gasteiger partial charge in [-0.25, -0.2) is 9.97 Å².